The Balaban J connectivity index is 1.16. The first-order valence-corrected chi connectivity index (χ1v) is 18.8. The molecule has 0 bridgehead atoms. The average molecular weight is 716 g/mol. The van der Waals surface area contributed by atoms with Crippen LogP contribution in [0.25, 0.3) is 121 Å². The van der Waals surface area contributed by atoms with Crippen LogP contribution in [0.3, 0.4) is 0 Å². The van der Waals surface area contributed by atoms with Gasteiger partial charge in [-0.2, -0.15) is 0 Å². The third-order valence-electron chi connectivity index (χ3n) is 11.1. The molecule has 12 aromatic rings. The Morgan fingerprint density at radius 3 is 1.70 bits per heavy atom. The number of hydrogen-bond acceptors (Lipinski definition) is 5. The summed E-state index contributed by atoms with van der Waals surface area (Å²) in [6, 6.07) is 61.0. The topological polar surface area (TPSA) is 65.0 Å². The minimum Gasteiger partial charge on any atom is -0.456 e. The SMILES string of the molecule is c1ccc(-c2ccc3oc4ccccc4c3c2-c2nc(-c3ccc4c(ccc5c6ccccc6ccc45)c3)nc(-c3cccc4oc5ccccc5c34)n2)cc1. The van der Waals surface area contributed by atoms with E-state index >= 15 is 0 Å². The summed E-state index contributed by atoms with van der Waals surface area (Å²) in [4.78, 5) is 16.1. The Labute approximate surface area is 320 Å². The fourth-order valence-electron chi connectivity index (χ4n) is 8.57. The Morgan fingerprint density at radius 2 is 0.893 bits per heavy atom. The second kappa shape index (κ2) is 11.9. The quantitative estimate of drug-likeness (QED) is 0.170. The Kier molecular flexibility index (Phi) is 6.56. The van der Waals surface area contributed by atoms with Gasteiger partial charge in [0.25, 0.3) is 0 Å². The van der Waals surface area contributed by atoms with E-state index in [0.717, 1.165) is 77.1 Å². The van der Waals surface area contributed by atoms with E-state index in [1.807, 2.05) is 54.6 Å². The molecule has 0 radical (unpaired) electrons. The van der Waals surface area contributed by atoms with Gasteiger partial charge in [-0.15, -0.1) is 0 Å². The molecule has 0 saturated heterocycles. The van der Waals surface area contributed by atoms with Crippen LogP contribution in [0.15, 0.2) is 185 Å². The summed E-state index contributed by atoms with van der Waals surface area (Å²) in [5.41, 5.74) is 7.93. The monoisotopic (exact) mass is 715 g/mol. The van der Waals surface area contributed by atoms with E-state index < -0.39 is 0 Å². The normalized spacial score (nSPS) is 11.9. The molecule has 3 heterocycles. The van der Waals surface area contributed by atoms with Gasteiger partial charge in [0.05, 0.1) is 0 Å². The summed E-state index contributed by atoms with van der Waals surface area (Å²) >= 11 is 0. The van der Waals surface area contributed by atoms with E-state index in [1.54, 1.807) is 0 Å². The molecule has 5 nitrogen and oxygen atoms in total. The number of para-hydroxylation sites is 2. The van der Waals surface area contributed by atoms with E-state index in [-0.39, 0.29) is 0 Å². The van der Waals surface area contributed by atoms with Crippen LogP contribution in [-0.2, 0) is 0 Å². The molecule has 0 N–H and O–H groups in total. The summed E-state index contributed by atoms with van der Waals surface area (Å²) in [6.07, 6.45) is 0. The lowest BCUT2D eigenvalue weighted by Crippen LogP contribution is -2.02. The fraction of sp³-hybridized carbons (Fsp3) is 0. The number of nitrogens with zero attached hydrogens (tertiary/aromatic N) is 3. The highest BCUT2D eigenvalue weighted by Gasteiger charge is 2.23. The highest BCUT2D eigenvalue weighted by molar-refractivity contribution is 6.18. The molecule has 0 aliphatic rings. The summed E-state index contributed by atoms with van der Waals surface area (Å²) < 4.78 is 12.8. The van der Waals surface area contributed by atoms with Gasteiger partial charge in [-0.25, -0.2) is 15.0 Å². The number of fused-ring (bicyclic) bond motifs is 11. The van der Waals surface area contributed by atoms with Crippen LogP contribution in [0.2, 0.25) is 0 Å². The first-order valence-electron chi connectivity index (χ1n) is 18.8. The van der Waals surface area contributed by atoms with E-state index in [1.165, 1.54) is 26.9 Å². The smallest absolute Gasteiger partial charge is 0.165 e. The molecule has 260 valence electrons. The molecule has 0 fully saturated rings. The maximum absolute atomic E-state index is 6.46. The minimum atomic E-state index is 0.566. The largest absolute Gasteiger partial charge is 0.456 e. The number of benzene rings is 9. The van der Waals surface area contributed by atoms with E-state index in [2.05, 4.69) is 121 Å². The highest BCUT2D eigenvalue weighted by Crippen LogP contribution is 2.44. The summed E-state index contributed by atoms with van der Waals surface area (Å²) in [5, 5.41) is 11.2. The van der Waals surface area contributed by atoms with Crippen molar-refractivity contribution in [2.75, 3.05) is 0 Å². The Morgan fingerprint density at radius 1 is 0.304 bits per heavy atom. The first kappa shape index (κ1) is 30.8. The van der Waals surface area contributed by atoms with Gasteiger partial charge in [0.2, 0.25) is 0 Å². The van der Waals surface area contributed by atoms with E-state index in [4.69, 9.17) is 23.8 Å². The van der Waals surface area contributed by atoms with Gasteiger partial charge in [-0.1, -0.05) is 140 Å². The predicted molar refractivity (Wildman–Crippen MR) is 229 cm³/mol. The van der Waals surface area contributed by atoms with Crippen molar-refractivity contribution in [3.63, 3.8) is 0 Å². The van der Waals surface area contributed by atoms with Crippen LogP contribution in [0.4, 0.5) is 0 Å². The van der Waals surface area contributed by atoms with Crippen LogP contribution in [0, 0.1) is 0 Å². The lowest BCUT2D eigenvalue weighted by molar-refractivity contribution is 0.668. The molecule has 12 rings (SSSR count). The molecule has 56 heavy (non-hydrogen) atoms. The maximum Gasteiger partial charge on any atom is 0.165 e. The zero-order valence-corrected chi connectivity index (χ0v) is 29.9. The zero-order chi connectivity index (χ0) is 36.7. The van der Waals surface area contributed by atoms with Gasteiger partial charge in [0, 0.05) is 38.2 Å². The summed E-state index contributed by atoms with van der Waals surface area (Å²) in [5.74, 6) is 1.71. The van der Waals surface area contributed by atoms with Crippen LogP contribution in [-0.4, -0.2) is 15.0 Å². The molecule has 0 atom stereocenters. The summed E-state index contributed by atoms with van der Waals surface area (Å²) in [6.45, 7) is 0. The van der Waals surface area contributed by atoms with Crippen LogP contribution >= 0.6 is 0 Å². The minimum absolute atomic E-state index is 0.566. The van der Waals surface area contributed by atoms with Crippen molar-refractivity contribution in [1.29, 1.82) is 0 Å². The molecule has 3 aromatic heterocycles. The number of furan rings is 2. The average Bonchev–Trinajstić information content (AvgIpc) is 3.84. The van der Waals surface area contributed by atoms with Gasteiger partial charge in [0.15, 0.2) is 17.5 Å². The number of rotatable bonds is 4. The first-order chi connectivity index (χ1) is 27.7. The van der Waals surface area contributed by atoms with Gasteiger partial charge in [0.1, 0.15) is 22.3 Å². The van der Waals surface area contributed by atoms with Crippen molar-refractivity contribution in [3.8, 4) is 45.3 Å². The maximum atomic E-state index is 6.46. The second-order valence-corrected chi connectivity index (χ2v) is 14.3. The predicted octanol–water partition coefficient (Wildman–Crippen LogP) is 13.8. The lowest BCUT2D eigenvalue weighted by atomic mass is 9.94. The van der Waals surface area contributed by atoms with Gasteiger partial charge >= 0.3 is 0 Å². The van der Waals surface area contributed by atoms with Crippen LogP contribution in [0.5, 0.6) is 0 Å². The molecule has 0 saturated carbocycles. The molecule has 9 aromatic carbocycles. The van der Waals surface area contributed by atoms with Crippen LogP contribution in [0.1, 0.15) is 0 Å². The van der Waals surface area contributed by atoms with Crippen molar-refractivity contribution in [3.05, 3.63) is 176 Å². The third-order valence-corrected chi connectivity index (χ3v) is 11.1. The van der Waals surface area contributed by atoms with Crippen LogP contribution < -0.4 is 0 Å². The molecule has 0 unspecified atom stereocenters. The van der Waals surface area contributed by atoms with E-state index in [9.17, 15) is 0 Å². The summed E-state index contributed by atoms with van der Waals surface area (Å²) in [7, 11) is 0. The van der Waals surface area contributed by atoms with Crippen molar-refractivity contribution in [2.24, 2.45) is 0 Å². The number of aromatic nitrogens is 3. The highest BCUT2D eigenvalue weighted by atomic mass is 16.3. The zero-order valence-electron chi connectivity index (χ0n) is 29.9. The molecule has 0 amide bonds. The lowest BCUT2D eigenvalue weighted by Gasteiger charge is -2.14. The van der Waals surface area contributed by atoms with Crippen molar-refractivity contribution in [1.82, 2.24) is 15.0 Å². The molecule has 0 aliphatic heterocycles. The van der Waals surface area contributed by atoms with Crippen molar-refractivity contribution in [2.45, 2.75) is 0 Å². The van der Waals surface area contributed by atoms with Gasteiger partial charge in [-0.3, -0.25) is 0 Å². The Hall–Kier alpha value is -7.63. The fourth-order valence-corrected chi connectivity index (χ4v) is 8.57. The van der Waals surface area contributed by atoms with Gasteiger partial charge < -0.3 is 8.83 Å². The van der Waals surface area contributed by atoms with Crippen molar-refractivity contribution < 1.29 is 8.83 Å². The molecule has 0 aliphatic carbocycles. The second-order valence-electron chi connectivity index (χ2n) is 14.3. The molecular weight excluding hydrogens is 687 g/mol. The number of hydrogen-bond donors (Lipinski definition) is 0. The molecule has 0 spiro atoms. The Bertz CT molecular complexity index is 3550. The van der Waals surface area contributed by atoms with E-state index in [0.29, 0.717) is 17.5 Å². The standard InChI is InChI=1S/C51H29N3O2/c1-2-11-30(12-3-1)36-27-28-45-47(40-16-7-9-19-43(40)56-45)48(36)51-53-49(52-50(54-51)41-17-10-20-44-46(41)39-15-6-8-18-42(39)55-44)33-23-24-35-32(29-33)22-26-37-34-14-5-4-13-31(34)21-25-38(35)37/h1-29H. The molecule has 5 heteroatoms. The third kappa shape index (κ3) is 4.64. The van der Waals surface area contributed by atoms with Crippen molar-refractivity contribution >= 4 is 76.2 Å². The molecular formula is C51H29N3O2. The van der Waals surface area contributed by atoms with Gasteiger partial charge in [-0.05, 0) is 79.8 Å².